The molecule has 6 heteroatoms. The molecule has 1 aromatic rings. The minimum absolute atomic E-state index is 0.0537. The van der Waals surface area contributed by atoms with E-state index in [-0.39, 0.29) is 24.4 Å². The van der Waals surface area contributed by atoms with E-state index in [0.717, 1.165) is 19.4 Å². The highest BCUT2D eigenvalue weighted by Gasteiger charge is 2.16. The summed E-state index contributed by atoms with van der Waals surface area (Å²) in [7, 11) is 0. The maximum absolute atomic E-state index is 12.7. The van der Waals surface area contributed by atoms with Crippen molar-refractivity contribution >= 4 is 18.0 Å². The summed E-state index contributed by atoms with van der Waals surface area (Å²) in [6, 6.07) is 5.66. The van der Waals surface area contributed by atoms with Crippen LogP contribution < -0.4 is 5.32 Å². The van der Waals surface area contributed by atoms with Gasteiger partial charge in [0, 0.05) is 19.2 Å². The fourth-order valence-electron chi connectivity index (χ4n) is 2.01. The number of hydrogen-bond donors (Lipinski definition) is 1. The number of nitrogens with one attached hydrogen (secondary N) is 1. The lowest BCUT2D eigenvalue weighted by Crippen LogP contribution is -2.34. The lowest BCUT2D eigenvalue weighted by molar-refractivity contribution is -0.143. The number of hydrogen-bond acceptors (Lipinski definition) is 4. The van der Waals surface area contributed by atoms with Crippen molar-refractivity contribution in [2.45, 2.75) is 18.9 Å². The number of carbonyl (C=O) groups is 2. The van der Waals surface area contributed by atoms with Crippen LogP contribution in [-0.2, 0) is 19.1 Å². The van der Waals surface area contributed by atoms with Gasteiger partial charge in [-0.1, -0.05) is 12.1 Å². The Bertz CT molecular complexity index is 536. The smallest absolute Gasteiger partial charge is 0.331 e. The molecule has 1 aliphatic heterocycles. The number of amides is 1. The lowest BCUT2D eigenvalue weighted by atomic mass is 10.2. The van der Waals surface area contributed by atoms with Gasteiger partial charge < -0.3 is 14.8 Å². The summed E-state index contributed by atoms with van der Waals surface area (Å²) in [6.45, 7) is 0.824. The second-order valence-electron chi connectivity index (χ2n) is 4.93. The Morgan fingerprint density at radius 2 is 2.14 bits per heavy atom. The van der Waals surface area contributed by atoms with Crippen LogP contribution in [0.3, 0.4) is 0 Å². The Labute approximate surface area is 128 Å². The first kappa shape index (κ1) is 16.2. The normalized spacial score (nSPS) is 17.6. The molecule has 1 saturated heterocycles. The molecule has 1 fully saturated rings. The average Bonchev–Trinajstić information content (AvgIpc) is 3.04. The summed E-state index contributed by atoms with van der Waals surface area (Å²) in [5.74, 6) is -1.33. The van der Waals surface area contributed by atoms with Gasteiger partial charge in [-0.3, -0.25) is 4.79 Å². The molecule has 1 aromatic carbocycles. The summed E-state index contributed by atoms with van der Waals surface area (Å²) < 4.78 is 22.9. The van der Waals surface area contributed by atoms with Crippen LogP contribution in [0.4, 0.5) is 4.39 Å². The molecule has 1 amide bonds. The second kappa shape index (κ2) is 8.29. The largest absolute Gasteiger partial charge is 0.452 e. The highest BCUT2D eigenvalue weighted by atomic mass is 19.1. The van der Waals surface area contributed by atoms with Crippen LogP contribution in [0.25, 0.3) is 6.08 Å². The van der Waals surface area contributed by atoms with Gasteiger partial charge in [-0.2, -0.15) is 0 Å². The molecular weight excluding hydrogens is 289 g/mol. The van der Waals surface area contributed by atoms with Crippen molar-refractivity contribution in [3.05, 3.63) is 41.7 Å². The monoisotopic (exact) mass is 307 g/mol. The lowest BCUT2D eigenvalue weighted by Gasteiger charge is -2.10. The molecular formula is C16H18FNO4. The predicted molar refractivity (Wildman–Crippen MR) is 78.4 cm³/mol. The molecule has 2 rings (SSSR count). The molecule has 0 aromatic heterocycles. The Hall–Kier alpha value is -2.21. The molecule has 5 nitrogen and oxygen atoms in total. The van der Waals surface area contributed by atoms with Gasteiger partial charge in [-0.25, -0.2) is 9.18 Å². The van der Waals surface area contributed by atoms with Crippen molar-refractivity contribution in [3.8, 4) is 0 Å². The van der Waals surface area contributed by atoms with E-state index in [2.05, 4.69) is 5.32 Å². The van der Waals surface area contributed by atoms with Crippen LogP contribution in [0.15, 0.2) is 30.3 Å². The molecule has 1 heterocycles. The van der Waals surface area contributed by atoms with Gasteiger partial charge in [0.15, 0.2) is 6.61 Å². The minimum atomic E-state index is -0.628. The van der Waals surface area contributed by atoms with E-state index >= 15 is 0 Å². The van der Waals surface area contributed by atoms with E-state index in [0.29, 0.717) is 12.1 Å². The van der Waals surface area contributed by atoms with Gasteiger partial charge in [-0.15, -0.1) is 0 Å². The highest BCUT2D eigenvalue weighted by molar-refractivity contribution is 5.89. The molecule has 0 spiro atoms. The summed E-state index contributed by atoms with van der Waals surface area (Å²) >= 11 is 0. The Balaban J connectivity index is 1.66. The van der Waals surface area contributed by atoms with Crippen LogP contribution in [0.1, 0.15) is 18.4 Å². The molecule has 118 valence electrons. The zero-order chi connectivity index (χ0) is 15.8. The Morgan fingerprint density at radius 1 is 1.36 bits per heavy atom. The molecule has 1 unspecified atom stereocenters. The van der Waals surface area contributed by atoms with E-state index in [1.165, 1.54) is 36.4 Å². The predicted octanol–water partition coefficient (Wildman–Crippen LogP) is 1.68. The van der Waals surface area contributed by atoms with E-state index in [1.54, 1.807) is 0 Å². The third-order valence-electron chi connectivity index (χ3n) is 3.18. The number of rotatable bonds is 6. The van der Waals surface area contributed by atoms with Crippen molar-refractivity contribution < 1.29 is 23.5 Å². The third-order valence-corrected chi connectivity index (χ3v) is 3.18. The molecule has 0 aliphatic carbocycles. The molecule has 1 atom stereocenters. The fourth-order valence-corrected chi connectivity index (χ4v) is 2.01. The Kier molecular flexibility index (Phi) is 6.09. The van der Waals surface area contributed by atoms with Gasteiger partial charge >= 0.3 is 5.97 Å². The summed E-state index contributed by atoms with van der Waals surface area (Å²) in [6.07, 6.45) is 4.68. The van der Waals surface area contributed by atoms with Gasteiger partial charge in [0.05, 0.1) is 6.10 Å². The number of halogens is 1. The third kappa shape index (κ3) is 5.65. The molecule has 0 saturated carbocycles. The maximum Gasteiger partial charge on any atom is 0.331 e. The van der Waals surface area contributed by atoms with Gasteiger partial charge in [-0.05, 0) is 36.6 Å². The molecule has 22 heavy (non-hydrogen) atoms. The van der Waals surface area contributed by atoms with Crippen molar-refractivity contribution in [2.24, 2.45) is 0 Å². The van der Waals surface area contributed by atoms with Crippen LogP contribution in [0, 0.1) is 5.82 Å². The zero-order valence-electron chi connectivity index (χ0n) is 12.1. The van der Waals surface area contributed by atoms with Crippen LogP contribution in [-0.4, -0.2) is 37.7 Å². The van der Waals surface area contributed by atoms with Gasteiger partial charge in [0.2, 0.25) is 0 Å². The van der Waals surface area contributed by atoms with Crippen molar-refractivity contribution in [3.63, 3.8) is 0 Å². The minimum Gasteiger partial charge on any atom is -0.452 e. The van der Waals surface area contributed by atoms with E-state index < -0.39 is 5.97 Å². The topological polar surface area (TPSA) is 64.6 Å². The first-order valence-corrected chi connectivity index (χ1v) is 7.12. The van der Waals surface area contributed by atoms with Gasteiger partial charge in [0.25, 0.3) is 5.91 Å². The molecule has 1 N–H and O–H groups in total. The molecule has 0 radical (unpaired) electrons. The summed E-state index contributed by atoms with van der Waals surface area (Å²) in [5.41, 5.74) is 0.668. The van der Waals surface area contributed by atoms with Crippen molar-refractivity contribution in [1.82, 2.24) is 5.32 Å². The zero-order valence-corrected chi connectivity index (χ0v) is 12.1. The van der Waals surface area contributed by atoms with Crippen molar-refractivity contribution in [2.75, 3.05) is 19.8 Å². The van der Waals surface area contributed by atoms with Crippen LogP contribution >= 0.6 is 0 Å². The van der Waals surface area contributed by atoms with Crippen LogP contribution in [0.2, 0.25) is 0 Å². The number of ether oxygens (including phenoxy) is 2. The number of esters is 1. The summed E-state index contributed by atoms with van der Waals surface area (Å²) in [5, 5.41) is 2.65. The maximum atomic E-state index is 12.7. The van der Waals surface area contributed by atoms with Crippen LogP contribution in [0.5, 0.6) is 0 Å². The second-order valence-corrected chi connectivity index (χ2v) is 4.93. The molecule has 0 bridgehead atoms. The molecule has 1 aliphatic rings. The number of benzene rings is 1. The van der Waals surface area contributed by atoms with E-state index in [9.17, 15) is 14.0 Å². The summed E-state index contributed by atoms with van der Waals surface area (Å²) in [4.78, 5) is 23.0. The fraction of sp³-hybridized carbons (Fsp3) is 0.375. The quantitative estimate of drug-likeness (QED) is 0.641. The van der Waals surface area contributed by atoms with Crippen molar-refractivity contribution in [1.29, 1.82) is 0 Å². The SMILES string of the molecule is O=C(COC(=O)/C=C/c1ccc(F)cc1)NCC1CCCO1. The standard InChI is InChI=1S/C16H18FNO4/c17-13-6-3-12(4-7-13)5-8-16(20)22-11-15(19)18-10-14-2-1-9-21-14/h3-8,14H,1-2,9-11H2,(H,18,19)/b8-5+. The highest BCUT2D eigenvalue weighted by Crippen LogP contribution is 2.10. The Morgan fingerprint density at radius 3 is 2.82 bits per heavy atom. The number of carbonyl (C=O) groups excluding carboxylic acids is 2. The first-order valence-electron chi connectivity index (χ1n) is 7.12. The van der Waals surface area contributed by atoms with E-state index in [1.807, 2.05) is 0 Å². The van der Waals surface area contributed by atoms with E-state index in [4.69, 9.17) is 9.47 Å². The average molecular weight is 307 g/mol. The first-order chi connectivity index (χ1) is 10.6. The van der Waals surface area contributed by atoms with Gasteiger partial charge in [0.1, 0.15) is 5.82 Å².